The Morgan fingerprint density at radius 2 is 1.65 bits per heavy atom. The minimum atomic E-state index is -0.247. The molecule has 2 rings (SSSR count). The van der Waals surface area contributed by atoms with Gasteiger partial charge in [0.2, 0.25) is 5.75 Å². The molecule has 2 aromatic carbocycles. The summed E-state index contributed by atoms with van der Waals surface area (Å²) in [6, 6.07) is 10.3. The summed E-state index contributed by atoms with van der Waals surface area (Å²) >= 11 is 0. The molecular weight excluding hydrogens is 297 g/mol. The topological polar surface area (TPSA) is 53.7 Å². The predicted octanol–water partition coefficient (Wildman–Crippen LogP) is 3.14. The molecule has 1 unspecified atom stereocenters. The van der Waals surface area contributed by atoms with Crippen LogP contribution < -0.4 is 19.9 Å². The van der Waals surface area contributed by atoms with Gasteiger partial charge in [0.05, 0.1) is 21.3 Å². The van der Waals surface area contributed by atoms with Gasteiger partial charge in [-0.1, -0.05) is 12.1 Å². The molecule has 0 aliphatic carbocycles. The van der Waals surface area contributed by atoms with Crippen LogP contribution >= 0.6 is 0 Å². The van der Waals surface area contributed by atoms with Crippen LogP contribution in [0, 0.1) is 5.82 Å². The number of hydrogen-bond donors (Lipinski definition) is 1. The summed E-state index contributed by atoms with van der Waals surface area (Å²) in [5.74, 6) is 1.48. The van der Waals surface area contributed by atoms with E-state index >= 15 is 0 Å². The summed E-state index contributed by atoms with van der Waals surface area (Å²) in [5, 5.41) is 0. The van der Waals surface area contributed by atoms with E-state index in [2.05, 4.69) is 0 Å². The molecule has 23 heavy (non-hydrogen) atoms. The van der Waals surface area contributed by atoms with Crippen LogP contribution in [0.5, 0.6) is 17.2 Å². The van der Waals surface area contributed by atoms with Gasteiger partial charge < -0.3 is 19.9 Å². The van der Waals surface area contributed by atoms with E-state index in [4.69, 9.17) is 19.9 Å². The van der Waals surface area contributed by atoms with Gasteiger partial charge in [-0.05, 0) is 48.4 Å². The highest BCUT2D eigenvalue weighted by molar-refractivity contribution is 5.54. The zero-order chi connectivity index (χ0) is 16.8. The highest BCUT2D eigenvalue weighted by atomic mass is 19.1. The van der Waals surface area contributed by atoms with E-state index in [0.717, 1.165) is 11.1 Å². The van der Waals surface area contributed by atoms with Gasteiger partial charge in [-0.25, -0.2) is 4.39 Å². The monoisotopic (exact) mass is 319 g/mol. The van der Waals surface area contributed by atoms with E-state index in [1.165, 1.54) is 12.1 Å². The largest absolute Gasteiger partial charge is 0.493 e. The first kappa shape index (κ1) is 17.1. The summed E-state index contributed by atoms with van der Waals surface area (Å²) in [5.41, 5.74) is 7.80. The zero-order valence-electron chi connectivity index (χ0n) is 13.6. The Kier molecular flexibility index (Phi) is 5.82. The van der Waals surface area contributed by atoms with E-state index in [1.54, 1.807) is 27.4 Å². The fourth-order valence-corrected chi connectivity index (χ4v) is 2.62. The number of rotatable bonds is 7. The Morgan fingerprint density at radius 1 is 1.00 bits per heavy atom. The SMILES string of the molecule is COc1cc(C(CN)Cc2cccc(F)c2)cc(OC)c1OC. The van der Waals surface area contributed by atoms with Crippen LogP contribution in [0.4, 0.5) is 4.39 Å². The minimum Gasteiger partial charge on any atom is -0.493 e. The molecule has 0 aliphatic rings. The number of benzene rings is 2. The van der Waals surface area contributed by atoms with Crippen molar-refractivity contribution in [1.82, 2.24) is 0 Å². The summed E-state index contributed by atoms with van der Waals surface area (Å²) in [6.07, 6.45) is 0.632. The van der Waals surface area contributed by atoms with Crippen LogP contribution in [-0.4, -0.2) is 27.9 Å². The van der Waals surface area contributed by atoms with Crippen molar-refractivity contribution in [3.05, 3.63) is 53.3 Å². The van der Waals surface area contributed by atoms with E-state index in [1.807, 2.05) is 18.2 Å². The Hall–Kier alpha value is -2.27. The highest BCUT2D eigenvalue weighted by Crippen LogP contribution is 2.40. The number of ether oxygens (including phenoxy) is 3. The number of nitrogens with two attached hydrogens (primary N) is 1. The van der Waals surface area contributed by atoms with Gasteiger partial charge in [-0.3, -0.25) is 0 Å². The molecule has 2 aromatic rings. The maximum absolute atomic E-state index is 13.4. The van der Waals surface area contributed by atoms with Gasteiger partial charge in [0.15, 0.2) is 11.5 Å². The average Bonchev–Trinajstić information content (AvgIpc) is 2.58. The molecule has 0 fully saturated rings. The number of halogens is 1. The summed E-state index contributed by atoms with van der Waals surface area (Å²) in [6.45, 7) is 0.426. The maximum Gasteiger partial charge on any atom is 0.203 e. The van der Waals surface area contributed by atoms with Gasteiger partial charge in [-0.2, -0.15) is 0 Å². The molecule has 0 saturated heterocycles. The molecule has 0 aromatic heterocycles. The van der Waals surface area contributed by atoms with Crippen molar-refractivity contribution in [2.75, 3.05) is 27.9 Å². The van der Waals surface area contributed by atoms with Gasteiger partial charge in [0.1, 0.15) is 5.82 Å². The van der Waals surface area contributed by atoms with Crippen molar-refractivity contribution in [3.8, 4) is 17.2 Å². The Labute approximate surface area is 136 Å². The van der Waals surface area contributed by atoms with E-state index in [0.29, 0.717) is 30.2 Å². The van der Waals surface area contributed by atoms with Crippen LogP contribution in [0.15, 0.2) is 36.4 Å². The van der Waals surface area contributed by atoms with Crippen LogP contribution in [0.1, 0.15) is 17.0 Å². The first-order valence-electron chi connectivity index (χ1n) is 7.37. The molecule has 0 aliphatic heterocycles. The van der Waals surface area contributed by atoms with Gasteiger partial charge in [-0.15, -0.1) is 0 Å². The Morgan fingerprint density at radius 3 is 2.13 bits per heavy atom. The lowest BCUT2D eigenvalue weighted by molar-refractivity contribution is 0.323. The van der Waals surface area contributed by atoms with Gasteiger partial charge >= 0.3 is 0 Å². The standard InChI is InChI=1S/C18H22FNO3/c1-21-16-9-13(10-17(22-2)18(16)23-3)14(11-20)7-12-5-4-6-15(19)8-12/h4-6,8-10,14H,7,11,20H2,1-3H3. The van der Waals surface area contributed by atoms with Crippen molar-refractivity contribution < 1.29 is 18.6 Å². The highest BCUT2D eigenvalue weighted by Gasteiger charge is 2.18. The second kappa shape index (κ2) is 7.83. The molecule has 0 heterocycles. The number of methoxy groups -OCH3 is 3. The molecule has 0 amide bonds. The smallest absolute Gasteiger partial charge is 0.203 e. The first-order valence-corrected chi connectivity index (χ1v) is 7.37. The summed E-state index contributed by atoms with van der Waals surface area (Å²) in [4.78, 5) is 0. The summed E-state index contributed by atoms with van der Waals surface area (Å²) < 4.78 is 29.5. The van der Waals surface area contributed by atoms with Crippen molar-refractivity contribution in [2.24, 2.45) is 5.73 Å². The molecule has 1 atom stereocenters. The lowest BCUT2D eigenvalue weighted by Gasteiger charge is -2.19. The minimum absolute atomic E-state index is 0.0190. The molecule has 0 spiro atoms. The first-order chi connectivity index (χ1) is 11.1. The lowest BCUT2D eigenvalue weighted by Crippen LogP contribution is -2.15. The molecule has 0 radical (unpaired) electrons. The quantitative estimate of drug-likeness (QED) is 0.852. The van der Waals surface area contributed by atoms with Crippen molar-refractivity contribution in [1.29, 1.82) is 0 Å². The van der Waals surface area contributed by atoms with Crippen LogP contribution in [0.2, 0.25) is 0 Å². The number of hydrogen-bond acceptors (Lipinski definition) is 4. The van der Waals surface area contributed by atoms with Gasteiger partial charge in [0.25, 0.3) is 0 Å². The van der Waals surface area contributed by atoms with Gasteiger partial charge in [0, 0.05) is 5.92 Å². The predicted molar refractivity (Wildman–Crippen MR) is 88.0 cm³/mol. The van der Waals surface area contributed by atoms with E-state index in [-0.39, 0.29) is 11.7 Å². The van der Waals surface area contributed by atoms with E-state index < -0.39 is 0 Å². The Balaban J connectivity index is 2.37. The van der Waals surface area contributed by atoms with Crippen molar-refractivity contribution in [3.63, 3.8) is 0 Å². The van der Waals surface area contributed by atoms with Crippen molar-refractivity contribution >= 4 is 0 Å². The third kappa shape index (κ3) is 3.93. The third-order valence-electron chi connectivity index (χ3n) is 3.81. The normalized spacial score (nSPS) is 11.9. The van der Waals surface area contributed by atoms with Crippen molar-refractivity contribution in [2.45, 2.75) is 12.3 Å². The second-order valence-corrected chi connectivity index (χ2v) is 5.23. The molecule has 5 heteroatoms. The van der Waals surface area contributed by atoms with Crippen LogP contribution in [0.3, 0.4) is 0 Å². The molecule has 4 nitrogen and oxygen atoms in total. The fraction of sp³-hybridized carbons (Fsp3) is 0.333. The Bertz CT molecular complexity index is 635. The summed E-state index contributed by atoms with van der Waals surface area (Å²) in [7, 11) is 4.71. The van der Waals surface area contributed by atoms with E-state index in [9.17, 15) is 4.39 Å². The maximum atomic E-state index is 13.4. The zero-order valence-corrected chi connectivity index (χ0v) is 13.6. The second-order valence-electron chi connectivity index (χ2n) is 5.23. The molecule has 2 N–H and O–H groups in total. The molecular formula is C18H22FNO3. The lowest BCUT2D eigenvalue weighted by atomic mass is 9.91. The average molecular weight is 319 g/mol. The third-order valence-corrected chi connectivity index (χ3v) is 3.81. The molecule has 0 saturated carbocycles. The van der Waals surface area contributed by atoms with Crippen LogP contribution in [0.25, 0.3) is 0 Å². The van der Waals surface area contributed by atoms with Crippen LogP contribution in [-0.2, 0) is 6.42 Å². The molecule has 0 bridgehead atoms. The molecule has 124 valence electrons. The fourth-order valence-electron chi connectivity index (χ4n) is 2.62.